The first-order valence-electron chi connectivity index (χ1n) is 11.7. The molecule has 1 aromatic carbocycles. The van der Waals surface area contributed by atoms with Crippen molar-refractivity contribution in [1.29, 1.82) is 0 Å². The first kappa shape index (κ1) is 23.3. The van der Waals surface area contributed by atoms with Gasteiger partial charge in [0.2, 0.25) is 17.7 Å². The molecule has 2 saturated heterocycles. The van der Waals surface area contributed by atoms with Crippen molar-refractivity contribution in [3.63, 3.8) is 0 Å². The molecular weight excluding hydrogens is 448 g/mol. The van der Waals surface area contributed by atoms with E-state index in [2.05, 4.69) is 15.8 Å². The van der Waals surface area contributed by atoms with Crippen LogP contribution in [0.5, 0.6) is 0 Å². The van der Waals surface area contributed by atoms with Gasteiger partial charge in [0.05, 0.1) is 17.4 Å². The SMILES string of the molecule is Cc1cc(NC(=O)[C@@H]2[C@@H]3C(=O)N(c4ccccc4C)[C@@H](C(=O)NC(C)(C)C)[C@@]34C=C[C@@]2(C)O4)no1. The van der Waals surface area contributed by atoms with Crippen molar-refractivity contribution >= 4 is 29.2 Å². The van der Waals surface area contributed by atoms with Gasteiger partial charge in [-0.25, -0.2) is 0 Å². The van der Waals surface area contributed by atoms with Gasteiger partial charge in [0.25, 0.3) is 0 Å². The molecule has 184 valence electrons. The molecule has 0 saturated carbocycles. The summed E-state index contributed by atoms with van der Waals surface area (Å²) in [6, 6.07) is 8.03. The summed E-state index contributed by atoms with van der Waals surface area (Å²) in [4.78, 5) is 42.9. The van der Waals surface area contributed by atoms with Crippen molar-refractivity contribution in [2.24, 2.45) is 11.8 Å². The minimum atomic E-state index is -1.29. The number of nitrogens with zero attached hydrogens (tertiary/aromatic N) is 2. The van der Waals surface area contributed by atoms with Gasteiger partial charge in [-0.3, -0.25) is 19.3 Å². The lowest BCUT2D eigenvalue weighted by Crippen LogP contribution is -2.58. The molecule has 9 heteroatoms. The lowest BCUT2D eigenvalue weighted by Gasteiger charge is -2.35. The van der Waals surface area contributed by atoms with E-state index in [0.29, 0.717) is 11.4 Å². The monoisotopic (exact) mass is 478 g/mol. The van der Waals surface area contributed by atoms with E-state index in [-0.39, 0.29) is 17.6 Å². The summed E-state index contributed by atoms with van der Waals surface area (Å²) in [5, 5.41) is 9.63. The number of nitrogens with one attached hydrogen (secondary N) is 2. The molecular formula is C26H30N4O5. The minimum absolute atomic E-state index is 0.264. The third kappa shape index (κ3) is 3.48. The second-order valence-corrected chi connectivity index (χ2v) is 10.9. The lowest BCUT2D eigenvalue weighted by atomic mass is 9.70. The molecule has 0 aliphatic carbocycles. The maximum atomic E-state index is 14.1. The van der Waals surface area contributed by atoms with Gasteiger partial charge >= 0.3 is 0 Å². The molecule has 0 radical (unpaired) electrons. The van der Waals surface area contributed by atoms with Crippen LogP contribution in [0, 0.1) is 25.7 Å². The largest absolute Gasteiger partial charge is 0.360 e. The summed E-state index contributed by atoms with van der Waals surface area (Å²) in [6.07, 6.45) is 3.60. The van der Waals surface area contributed by atoms with E-state index >= 15 is 0 Å². The Bertz CT molecular complexity index is 1260. The Labute approximate surface area is 203 Å². The van der Waals surface area contributed by atoms with Crippen LogP contribution in [0.3, 0.4) is 0 Å². The third-order valence-corrected chi connectivity index (χ3v) is 6.98. The van der Waals surface area contributed by atoms with Gasteiger partial charge in [-0.05, 0) is 53.2 Å². The van der Waals surface area contributed by atoms with Crippen LogP contribution in [-0.4, -0.2) is 45.7 Å². The molecule has 2 fully saturated rings. The van der Waals surface area contributed by atoms with Gasteiger partial charge in [-0.2, -0.15) is 0 Å². The fourth-order valence-corrected chi connectivity index (χ4v) is 5.69. The van der Waals surface area contributed by atoms with E-state index in [1.165, 1.54) is 4.90 Å². The van der Waals surface area contributed by atoms with Crippen LogP contribution in [0.25, 0.3) is 0 Å². The number of aromatic nitrogens is 1. The second-order valence-electron chi connectivity index (χ2n) is 10.9. The molecule has 0 unspecified atom stereocenters. The molecule has 3 amide bonds. The van der Waals surface area contributed by atoms with Gasteiger partial charge in [-0.1, -0.05) is 35.5 Å². The van der Waals surface area contributed by atoms with E-state index in [1.54, 1.807) is 32.1 Å². The van der Waals surface area contributed by atoms with Gasteiger partial charge in [0, 0.05) is 17.3 Å². The molecule has 9 nitrogen and oxygen atoms in total. The highest BCUT2D eigenvalue weighted by atomic mass is 16.5. The average Bonchev–Trinajstić information content (AvgIpc) is 3.44. The van der Waals surface area contributed by atoms with Crippen LogP contribution in [0.1, 0.15) is 39.0 Å². The van der Waals surface area contributed by atoms with E-state index in [1.807, 2.05) is 52.0 Å². The van der Waals surface area contributed by atoms with Crippen molar-refractivity contribution in [3.05, 3.63) is 53.8 Å². The predicted molar refractivity (Wildman–Crippen MR) is 129 cm³/mol. The number of carbonyl (C=O) groups excluding carboxylic acids is 3. The molecule has 3 aliphatic heterocycles. The summed E-state index contributed by atoms with van der Waals surface area (Å²) in [5.74, 6) is -2.01. The highest BCUT2D eigenvalue weighted by Gasteiger charge is 2.76. The minimum Gasteiger partial charge on any atom is -0.360 e. The van der Waals surface area contributed by atoms with Gasteiger partial charge in [0.15, 0.2) is 5.82 Å². The maximum absolute atomic E-state index is 14.1. The molecule has 5 atom stereocenters. The van der Waals surface area contributed by atoms with Gasteiger partial charge in [-0.15, -0.1) is 0 Å². The van der Waals surface area contributed by atoms with Crippen LogP contribution in [-0.2, 0) is 19.1 Å². The van der Waals surface area contributed by atoms with Gasteiger partial charge in [0.1, 0.15) is 17.4 Å². The quantitative estimate of drug-likeness (QED) is 0.654. The fourth-order valence-electron chi connectivity index (χ4n) is 5.69. The van der Waals surface area contributed by atoms with Crippen molar-refractivity contribution in [2.45, 2.75) is 64.3 Å². The van der Waals surface area contributed by atoms with Crippen molar-refractivity contribution in [1.82, 2.24) is 10.5 Å². The standard InChI is InChI=1S/C26H30N4O5/c1-14-9-7-8-10-16(14)30-20(22(32)28-24(3,4)5)26-12-11-25(6,35-26)18(19(26)23(30)33)21(31)27-17-13-15(2)34-29-17/h7-13,18-20H,1-6H3,(H,28,32)(H,27,29,31)/t18-,19+,20-,25+,26+/m0/s1. The number of anilines is 2. The number of amides is 3. The second kappa shape index (κ2) is 7.52. The Morgan fingerprint density at radius 3 is 2.46 bits per heavy atom. The maximum Gasteiger partial charge on any atom is 0.246 e. The topological polar surface area (TPSA) is 114 Å². The zero-order chi connectivity index (χ0) is 25.3. The normalized spacial score (nSPS) is 31.1. The van der Waals surface area contributed by atoms with E-state index in [9.17, 15) is 14.4 Å². The molecule has 1 spiro atoms. The van der Waals surface area contributed by atoms with Crippen LogP contribution >= 0.6 is 0 Å². The number of rotatable bonds is 4. The summed E-state index contributed by atoms with van der Waals surface area (Å²) in [6.45, 7) is 11.0. The number of hydrogen-bond donors (Lipinski definition) is 2. The summed E-state index contributed by atoms with van der Waals surface area (Å²) in [5.41, 5.74) is -1.41. The molecule has 3 aliphatic rings. The Kier molecular flexibility index (Phi) is 5.00. The van der Waals surface area contributed by atoms with Crippen molar-refractivity contribution < 1.29 is 23.6 Å². The Hall–Kier alpha value is -3.46. The summed E-state index contributed by atoms with van der Waals surface area (Å²) in [7, 11) is 0. The summed E-state index contributed by atoms with van der Waals surface area (Å²) < 4.78 is 11.6. The van der Waals surface area contributed by atoms with Crippen LogP contribution in [0.15, 0.2) is 47.0 Å². The first-order chi connectivity index (χ1) is 16.4. The molecule has 35 heavy (non-hydrogen) atoms. The van der Waals surface area contributed by atoms with Crippen LogP contribution < -0.4 is 15.5 Å². The van der Waals surface area contributed by atoms with Gasteiger partial charge < -0.3 is 19.9 Å². The van der Waals surface area contributed by atoms with E-state index in [4.69, 9.17) is 9.26 Å². The zero-order valence-corrected chi connectivity index (χ0v) is 20.7. The number of para-hydroxylation sites is 1. The Morgan fingerprint density at radius 2 is 1.83 bits per heavy atom. The molecule has 2 N–H and O–H groups in total. The predicted octanol–water partition coefficient (Wildman–Crippen LogP) is 2.89. The first-order valence-corrected chi connectivity index (χ1v) is 11.7. The highest BCUT2D eigenvalue weighted by molar-refractivity contribution is 6.11. The molecule has 2 bridgehead atoms. The Morgan fingerprint density at radius 1 is 1.11 bits per heavy atom. The third-order valence-electron chi connectivity index (χ3n) is 6.98. The highest BCUT2D eigenvalue weighted by Crippen LogP contribution is 2.60. The number of benzene rings is 1. The Balaban J connectivity index is 1.61. The molecule has 5 rings (SSSR count). The summed E-state index contributed by atoms with van der Waals surface area (Å²) >= 11 is 0. The number of aryl methyl sites for hydroxylation is 2. The van der Waals surface area contributed by atoms with Crippen LogP contribution in [0.2, 0.25) is 0 Å². The smallest absolute Gasteiger partial charge is 0.246 e. The number of hydrogen-bond acceptors (Lipinski definition) is 6. The zero-order valence-electron chi connectivity index (χ0n) is 20.7. The van der Waals surface area contributed by atoms with E-state index < -0.39 is 40.5 Å². The number of carbonyl (C=O) groups is 3. The van der Waals surface area contributed by atoms with E-state index in [0.717, 1.165) is 5.56 Å². The fraction of sp³-hybridized carbons (Fsp3) is 0.462. The number of fused-ring (bicyclic) bond motifs is 1. The lowest BCUT2D eigenvalue weighted by molar-refractivity contribution is -0.131. The van der Waals surface area contributed by atoms with Crippen molar-refractivity contribution in [2.75, 3.05) is 10.2 Å². The molecule has 4 heterocycles. The number of ether oxygens (including phenoxy) is 1. The van der Waals surface area contributed by atoms with Crippen LogP contribution in [0.4, 0.5) is 11.5 Å². The average molecular weight is 479 g/mol. The molecule has 1 aromatic heterocycles. The molecule has 2 aromatic rings. The van der Waals surface area contributed by atoms with Crippen molar-refractivity contribution in [3.8, 4) is 0 Å².